The van der Waals surface area contributed by atoms with E-state index in [1.165, 1.54) is 167 Å². The van der Waals surface area contributed by atoms with Crippen molar-refractivity contribution >= 4 is 19.8 Å². The topological polar surface area (TPSA) is 119 Å². The van der Waals surface area contributed by atoms with Crippen molar-refractivity contribution in [2.24, 2.45) is 0 Å². The van der Waals surface area contributed by atoms with Gasteiger partial charge in [0.15, 0.2) is 6.10 Å². The Morgan fingerprint density at radius 2 is 0.941 bits per heavy atom. The number of carbonyl (C=O) groups excluding carboxylic acids is 2. The molecule has 51 heavy (non-hydrogen) atoms. The van der Waals surface area contributed by atoms with Gasteiger partial charge in [-0.2, -0.15) is 0 Å². The van der Waals surface area contributed by atoms with Crippen LogP contribution in [0.25, 0.3) is 0 Å². The van der Waals surface area contributed by atoms with Crippen LogP contribution in [0.15, 0.2) is 24.3 Å². The summed E-state index contributed by atoms with van der Waals surface area (Å²) in [6, 6.07) is 0. The Morgan fingerprint density at radius 3 is 1.35 bits per heavy atom. The molecule has 0 saturated carbocycles. The maximum atomic E-state index is 12.3. The molecule has 0 heterocycles. The molecule has 9 heteroatoms. The lowest BCUT2D eigenvalue weighted by Crippen LogP contribution is -2.29. The van der Waals surface area contributed by atoms with Crippen molar-refractivity contribution in [3.63, 3.8) is 0 Å². The van der Waals surface area contributed by atoms with E-state index in [-0.39, 0.29) is 13.0 Å². The molecule has 2 N–H and O–H groups in total. The molecule has 0 rings (SSSR count). The quantitative estimate of drug-likeness (QED) is 0.0210. The van der Waals surface area contributed by atoms with Crippen molar-refractivity contribution in [1.29, 1.82) is 0 Å². The predicted octanol–water partition coefficient (Wildman–Crippen LogP) is 12.8. The molecule has 0 aromatic heterocycles. The van der Waals surface area contributed by atoms with Crippen LogP contribution in [0.5, 0.6) is 0 Å². The van der Waals surface area contributed by atoms with E-state index < -0.39 is 32.5 Å². The lowest BCUT2D eigenvalue weighted by Gasteiger charge is -2.17. The highest BCUT2D eigenvalue weighted by Crippen LogP contribution is 2.35. The van der Waals surface area contributed by atoms with Crippen LogP contribution in [0.2, 0.25) is 0 Å². The van der Waals surface area contributed by atoms with Crippen molar-refractivity contribution in [3.8, 4) is 0 Å². The number of allylic oxidation sites excluding steroid dienone is 3. The summed E-state index contributed by atoms with van der Waals surface area (Å²) in [6.07, 6.45) is 43.9. The monoisotopic (exact) mass is 743 g/mol. The Labute approximate surface area is 313 Å². The first kappa shape index (κ1) is 49.5. The molecule has 0 aliphatic carbocycles. The number of unbranched alkanes of at least 4 members (excludes halogenated alkanes) is 28. The molecule has 300 valence electrons. The number of phosphoric acid groups is 1. The zero-order valence-electron chi connectivity index (χ0n) is 33.0. The van der Waals surface area contributed by atoms with Crippen LogP contribution in [0.1, 0.15) is 213 Å². The third-order valence-corrected chi connectivity index (χ3v) is 9.82. The molecule has 0 aromatic carbocycles. The van der Waals surface area contributed by atoms with E-state index in [2.05, 4.69) is 18.4 Å². The van der Waals surface area contributed by atoms with Gasteiger partial charge in [-0.3, -0.25) is 9.32 Å². The van der Waals surface area contributed by atoms with E-state index in [9.17, 15) is 14.2 Å². The summed E-state index contributed by atoms with van der Waals surface area (Å²) in [4.78, 5) is 42.7. The van der Waals surface area contributed by atoms with E-state index in [1.807, 2.05) is 6.08 Å². The molecule has 0 aromatic rings. The first-order valence-corrected chi connectivity index (χ1v) is 22.7. The Bertz CT molecular complexity index is 884. The molecule has 0 unspecified atom stereocenters. The van der Waals surface area contributed by atoms with E-state index in [0.717, 1.165) is 32.1 Å². The number of phosphoric ester groups is 1. The van der Waals surface area contributed by atoms with Crippen molar-refractivity contribution in [2.45, 2.75) is 219 Å². The number of hydrogen-bond donors (Lipinski definition) is 2. The minimum absolute atomic E-state index is 0.253. The minimum atomic E-state index is -4.77. The lowest BCUT2D eigenvalue weighted by molar-refractivity contribution is -0.157. The molecule has 0 radical (unpaired) electrons. The molecule has 0 aliphatic heterocycles. The Kier molecular flexibility index (Phi) is 37.2. The highest BCUT2D eigenvalue weighted by Gasteiger charge is 2.22. The molecule has 0 spiro atoms. The van der Waals surface area contributed by atoms with Crippen LogP contribution in [0, 0.1) is 0 Å². The van der Waals surface area contributed by atoms with Gasteiger partial charge in [0, 0.05) is 12.5 Å². The summed E-state index contributed by atoms with van der Waals surface area (Å²) in [5.74, 6) is -1.13. The molecular formula is C42H79O8P. The Morgan fingerprint density at radius 1 is 0.549 bits per heavy atom. The van der Waals surface area contributed by atoms with E-state index in [1.54, 1.807) is 12.2 Å². The molecule has 0 fully saturated rings. The number of hydrogen-bond acceptors (Lipinski definition) is 6. The zero-order chi connectivity index (χ0) is 37.5. The molecule has 0 saturated heterocycles. The summed E-state index contributed by atoms with van der Waals surface area (Å²) in [6.45, 7) is 3.61. The fraction of sp³-hybridized carbons (Fsp3) is 0.857. The summed E-state index contributed by atoms with van der Waals surface area (Å²) in [5.41, 5.74) is 0. The van der Waals surface area contributed by atoms with Crippen molar-refractivity contribution in [2.75, 3.05) is 13.2 Å². The molecule has 1 atom stereocenters. The van der Waals surface area contributed by atoms with E-state index in [0.29, 0.717) is 0 Å². The second-order valence-electron chi connectivity index (χ2n) is 14.4. The van der Waals surface area contributed by atoms with E-state index in [4.69, 9.17) is 19.3 Å². The second kappa shape index (κ2) is 38.3. The van der Waals surface area contributed by atoms with Crippen LogP contribution in [-0.4, -0.2) is 41.0 Å². The fourth-order valence-electron chi connectivity index (χ4n) is 6.16. The maximum absolute atomic E-state index is 12.3. The number of rotatable bonds is 39. The van der Waals surface area contributed by atoms with Gasteiger partial charge < -0.3 is 19.3 Å². The van der Waals surface area contributed by atoms with Crippen LogP contribution in [0.4, 0.5) is 0 Å². The average molecular weight is 743 g/mol. The van der Waals surface area contributed by atoms with Gasteiger partial charge in [0.1, 0.15) is 6.61 Å². The van der Waals surface area contributed by atoms with Crippen LogP contribution < -0.4 is 0 Å². The summed E-state index contributed by atoms with van der Waals surface area (Å²) >= 11 is 0. The van der Waals surface area contributed by atoms with Gasteiger partial charge in [-0.25, -0.2) is 9.36 Å². The summed E-state index contributed by atoms with van der Waals surface area (Å²) in [5, 5.41) is 0. The summed E-state index contributed by atoms with van der Waals surface area (Å²) < 4.78 is 26.2. The van der Waals surface area contributed by atoms with Gasteiger partial charge in [0.25, 0.3) is 0 Å². The number of carbonyl (C=O) groups is 2. The molecule has 0 bridgehead atoms. The van der Waals surface area contributed by atoms with Crippen molar-refractivity contribution < 1.29 is 37.9 Å². The molecule has 8 nitrogen and oxygen atoms in total. The number of esters is 2. The number of ether oxygens (including phenoxy) is 2. The largest absolute Gasteiger partial charge is 0.469 e. The van der Waals surface area contributed by atoms with E-state index >= 15 is 0 Å². The van der Waals surface area contributed by atoms with Gasteiger partial charge >= 0.3 is 19.8 Å². The smallest absolute Gasteiger partial charge is 0.462 e. The van der Waals surface area contributed by atoms with Gasteiger partial charge in [-0.15, -0.1) is 0 Å². The third-order valence-electron chi connectivity index (χ3n) is 9.33. The van der Waals surface area contributed by atoms with Crippen LogP contribution in [-0.2, 0) is 28.2 Å². The van der Waals surface area contributed by atoms with Crippen molar-refractivity contribution in [3.05, 3.63) is 24.3 Å². The zero-order valence-corrected chi connectivity index (χ0v) is 33.9. The second-order valence-corrected chi connectivity index (χ2v) is 15.6. The highest BCUT2D eigenvalue weighted by molar-refractivity contribution is 7.46. The Hall–Kier alpha value is -1.47. The SMILES string of the molecule is CCCCCCCCCCCCC/C=C/C=C/C(=O)O[C@H](COC(=O)CCCCCCCCCCCCCCCCCCCC)COP(=O)(O)O. The van der Waals surface area contributed by atoms with Gasteiger partial charge in [-0.05, 0) is 19.3 Å². The molecular weight excluding hydrogens is 663 g/mol. The molecule has 0 aliphatic rings. The van der Waals surface area contributed by atoms with Gasteiger partial charge in [0.05, 0.1) is 6.61 Å². The lowest BCUT2D eigenvalue weighted by atomic mass is 10.0. The predicted molar refractivity (Wildman–Crippen MR) is 212 cm³/mol. The van der Waals surface area contributed by atoms with Crippen LogP contribution in [0.3, 0.4) is 0 Å². The highest BCUT2D eigenvalue weighted by atomic mass is 31.2. The minimum Gasteiger partial charge on any atom is -0.462 e. The Balaban J connectivity index is 3.96. The molecule has 0 amide bonds. The average Bonchev–Trinajstić information content (AvgIpc) is 3.10. The van der Waals surface area contributed by atoms with Gasteiger partial charge in [-0.1, -0.05) is 205 Å². The summed E-state index contributed by atoms with van der Waals surface area (Å²) in [7, 11) is -4.77. The normalized spacial score (nSPS) is 12.6. The first-order chi connectivity index (χ1) is 24.8. The third kappa shape index (κ3) is 41.2. The van der Waals surface area contributed by atoms with Crippen LogP contribution >= 0.6 is 7.82 Å². The maximum Gasteiger partial charge on any atom is 0.469 e. The standard InChI is InChI=1S/C42H79O8P/c1-3-5-7-9-11-13-15-17-19-20-21-23-24-26-28-30-32-34-36-41(43)48-38-40(39-49-51(45,46)47)50-42(44)37-35-33-31-29-27-25-22-18-16-14-12-10-8-6-4-2/h31,33,35,37,40H,3-30,32,34,36,38-39H2,1-2H3,(H2,45,46,47)/b33-31+,37-35+/t40-/m1/s1. The fourth-order valence-corrected chi connectivity index (χ4v) is 6.52. The first-order valence-electron chi connectivity index (χ1n) is 21.2. The van der Waals surface area contributed by atoms with Crippen molar-refractivity contribution in [1.82, 2.24) is 0 Å². The van der Waals surface area contributed by atoms with Gasteiger partial charge in [0.2, 0.25) is 0 Å².